The van der Waals surface area contributed by atoms with Gasteiger partial charge < -0.3 is 25.0 Å². The van der Waals surface area contributed by atoms with E-state index in [1.165, 1.54) is 0 Å². The molecule has 0 aromatic heterocycles. The summed E-state index contributed by atoms with van der Waals surface area (Å²) in [6.07, 6.45) is 4.39. The van der Waals surface area contributed by atoms with Crippen molar-refractivity contribution in [3.63, 3.8) is 0 Å². The molecule has 1 unspecified atom stereocenters. The number of halogens is 2. The molecule has 36 heavy (non-hydrogen) atoms. The second-order valence-corrected chi connectivity index (χ2v) is 10.3. The van der Waals surface area contributed by atoms with Crippen molar-refractivity contribution in [1.82, 2.24) is 15.5 Å². The van der Waals surface area contributed by atoms with Crippen LogP contribution < -0.4 is 10.6 Å². The fourth-order valence-electron chi connectivity index (χ4n) is 5.55. The second kappa shape index (κ2) is 14.8. The number of ether oxygens (including phenoxy) is 2. The Bertz CT molecular complexity index is 758. The Hall–Kier alpha value is -1.77. The third-order valence-corrected chi connectivity index (χ3v) is 7.47. The summed E-state index contributed by atoms with van der Waals surface area (Å²) in [6, 6.07) is 10.1. The molecule has 1 aromatic rings. The molecule has 0 spiro atoms. The fraction of sp³-hybridized carbons (Fsp3) is 0.750. The van der Waals surface area contributed by atoms with Gasteiger partial charge in [0.1, 0.15) is 0 Å². The number of piperidine rings is 1. The monoisotopic (exact) mass is 509 g/mol. The number of amides is 2. The molecule has 3 rings (SSSR count). The van der Waals surface area contributed by atoms with Crippen LogP contribution in [0.4, 0.5) is 13.6 Å². The fourth-order valence-corrected chi connectivity index (χ4v) is 5.55. The predicted molar refractivity (Wildman–Crippen MR) is 138 cm³/mol. The zero-order valence-electron chi connectivity index (χ0n) is 22.0. The van der Waals surface area contributed by atoms with E-state index < -0.39 is 5.92 Å². The zero-order chi connectivity index (χ0) is 25.8. The van der Waals surface area contributed by atoms with Crippen molar-refractivity contribution in [2.45, 2.75) is 76.4 Å². The van der Waals surface area contributed by atoms with Crippen molar-refractivity contribution in [2.75, 3.05) is 46.5 Å². The minimum atomic E-state index is -2.53. The first-order chi connectivity index (χ1) is 17.4. The Labute approximate surface area is 215 Å². The second-order valence-electron chi connectivity index (χ2n) is 10.3. The smallest absolute Gasteiger partial charge is 0.317 e. The molecule has 8 heteroatoms. The molecule has 1 aliphatic heterocycles. The Morgan fingerprint density at radius 1 is 1.17 bits per heavy atom. The van der Waals surface area contributed by atoms with Crippen molar-refractivity contribution in [3.8, 4) is 0 Å². The van der Waals surface area contributed by atoms with E-state index in [0.29, 0.717) is 45.8 Å². The van der Waals surface area contributed by atoms with E-state index >= 15 is 0 Å². The van der Waals surface area contributed by atoms with E-state index in [9.17, 15) is 13.6 Å². The molecule has 3 atom stereocenters. The number of benzene rings is 1. The van der Waals surface area contributed by atoms with E-state index in [4.69, 9.17) is 9.47 Å². The van der Waals surface area contributed by atoms with E-state index in [1.54, 1.807) is 0 Å². The summed E-state index contributed by atoms with van der Waals surface area (Å²) in [7, 11) is 1.86. The summed E-state index contributed by atoms with van der Waals surface area (Å²) in [5, 5.41) is 6.36. The highest BCUT2D eigenvalue weighted by molar-refractivity contribution is 5.74. The summed E-state index contributed by atoms with van der Waals surface area (Å²) >= 11 is 0. The molecule has 2 N–H and O–H groups in total. The van der Waals surface area contributed by atoms with Crippen LogP contribution in [0.2, 0.25) is 0 Å². The number of hydrogen-bond donors (Lipinski definition) is 2. The van der Waals surface area contributed by atoms with Crippen LogP contribution in [0.3, 0.4) is 0 Å². The normalized spacial score (nSPS) is 22.2. The summed E-state index contributed by atoms with van der Waals surface area (Å²) in [5.41, 5.74) is 1.14. The third kappa shape index (κ3) is 9.27. The number of carbonyl (C=O) groups excluding carboxylic acids is 1. The number of likely N-dealkylation sites (tertiary alicyclic amines) is 1. The van der Waals surface area contributed by atoms with E-state index in [-0.39, 0.29) is 42.9 Å². The average Bonchev–Trinajstić information content (AvgIpc) is 2.88. The molecule has 204 valence electrons. The number of carbonyl (C=O) groups is 1. The van der Waals surface area contributed by atoms with Crippen molar-refractivity contribution < 1.29 is 23.0 Å². The molecule has 1 saturated carbocycles. The zero-order valence-corrected chi connectivity index (χ0v) is 22.0. The topological polar surface area (TPSA) is 62.8 Å². The van der Waals surface area contributed by atoms with Crippen LogP contribution in [0, 0.1) is 11.8 Å². The van der Waals surface area contributed by atoms with Crippen LogP contribution in [-0.2, 0) is 9.47 Å². The number of rotatable bonds is 13. The molecule has 1 heterocycles. The highest BCUT2D eigenvalue weighted by Gasteiger charge is 2.36. The Kier molecular flexibility index (Phi) is 11.9. The first-order valence-corrected chi connectivity index (χ1v) is 13.7. The van der Waals surface area contributed by atoms with Crippen LogP contribution in [0.5, 0.6) is 0 Å². The number of nitrogens with zero attached hydrogens (tertiary/aromatic N) is 1. The van der Waals surface area contributed by atoms with Crippen molar-refractivity contribution in [1.29, 1.82) is 0 Å². The molecule has 2 fully saturated rings. The van der Waals surface area contributed by atoms with Gasteiger partial charge in [-0.15, -0.1) is 0 Å². The molecular weight excluding hydrogens is 464 g/mol. The van der Waals surface area contributed by atoms with Gasteiger partial charge in [-0.2, -0.15) is 0 Å². The Morgan fingerprint density at radius 2 is 1.92 bits per heavy atom. The minimum absolute atomic E-state index is 0.0445. The van der Waals surface area contributed by atoms with Gasteiger partial charge in [0.25, 0.3) is 0 Å². The van der Waals surface area contributed by atoms with Gasteiger partial charge in [0, 0.05) is 64.3 Å². The number of urea groups is 1. The maximum Gasteiger partial charge on any atom is 0.317 e. The number of nitrogens with one attached hydrogen (secondary N) is 2. The van der Waals surface area contributed by atoms with Crippen LogP contribution in [-0.4, -0.2) is 69.4 Å². The number of alkyl halides is 2. The molecule has 1 aromatic carbocycles. The quantitative estimate of drug-likeness (QED) is 0.350. The largest absolute Gasteiger partial charge is 0.382 e. The minimum Gasteiger partial charge on any atom is -0.382 e. The van der Waals surface area contributed by atoms with Crippen molar-refractivity contribution in [3.05, 3.63) is 35.9 Å². The van der Waals surface area contributed by atoms with Crippen molar-refractivity contribution in [2.24, 2.45) is 11.8 Å². The van der Waals surface area contributed by atoms with E-state index in [2.05, 4.69) is 22.8 Å². The lowest BCUT2D eigenvalue weighted by molar-refractivity contribution is -0.0473. The summed E-state index contributed by atoms with van der Waals surface area (Å²) < 4.78 is 39.0. The van der Waals surface area contributed by atoms with E-state index in [1.807, 2.05) is 37.1 Å². The standard InChI is InChI=1S/C28H45F2N3O3/c1-3-35-17-8-18-36-26(23-9-5-4-6-10-23)24-11-7-16-33(21-24)27(34)32-25(20-31-2)19-22-12-14-28(29,30)15-13-22/h4-6,9-10,22,24-26,31H,3,7-8,11-21H2,1-2H3,(H,32,34)/t24-,25+,26?/m1/s1. The van der Waals surface area contributed by atoms with Gasteiger partial charge in [-0.05, 0) is 64.0 Å². The van der Waals surface area contributed by atoms with Crippen molar-refractivity contribution >= 4 is 6.03 Å². The van der Waals surface area contributed by atoms with Crippen LogP contribution in [0.1, 0.15) is 70.0 Å². The molecular formula is C28H45F2N3O3. The van der Waals surface area contributed by atoms with Gasteiger partial charge in [-0.1, -0.05) is 30.3 Å². The SMILES string of the molecule is CCOCCCOC(c1ccccc1)[C@@H]1CCCN(C(=O)N[C@H](CNC)CC2CCC(F)(F)CC2)C1. The van der Waals surface area contributed by atoms with Crippen LogP contribution in [0.15, 0.2) is 30.3 Å². The first-order valence-electron chi connectivity index (χ1n) is 13.7. The number of likely N-dealkylation sites (N-methyl/N-ethyl adjacent to an activating group) is 1. The van der Waals surface area contributed by atoms with Gasteiger partial charge in [0.15, 0.2) is 0 Å². The molecule has 2 amide bonds. The maximum atomic E-state index is 13.6. The van der Waals surface area contributed by atoms with Gasteiger partial charge in [-0.3, -0.25) is 0 Å². The third-order valence-electron chi connectivity index (χ3n) is 7.47. The Morgan fingerprint density at radius 3 is 2.61 bits per heavy atom. The van der Waals surface area contributed by atoms with Gasteiger partial charge in [0.05, 0.1) is 6.10 Å². The summed E-state index contributed by atoms with van der Waals surface area (Å²) in [6.45, 7) is 5.98. The molecule has 0 bridgehead atoms. The summed E-state index contributed by atoms with van der Waals surface area (Å²) in [4.78, 5) is 15.2. The maximum absolute atomic E-state index is 13.6. The Balaban J connectivity index is 1.57. The molecule has 2 aliphatic rings. The van der Waals surface area contributed by atoms with Gasteiger partial charge in [-0.25, -0.2) is 13.6 Å². The lowest BCUT2D eigenvalue weighted by atomic mass is 9.83. The molecule has 0 radical (unpaired) electrons. The number of hydrogen-bond acceptors (Lipinski definition) is 4. The molecule has 6 nitrogen and oxygen atoms in total. The predicted octanol–water partition coefficient (Wildman–Crippen LogP) is 5.40. The molecule has 1 aliphatic carbocycles. The highest BCUT2D eigenvalue weighted by Crippen LogP contribution is 2.38. The lowest BCUT2D eigenvalue weighted by Crippen LogP contribution is -2.52. The van der Waals surface area contributed by atoms with Crippen LogP contribution in [0.25, 0.3) is 0 Å². The average molecular weight is 510 g/mol. The van der Waals surface area contributed by atoms with Crippen LogP contribution >= 0.6 is 0 Å². The highest BCUT2D eigenvalue weighted by atomic mass is 19.3. The lowest BCUT2D eigenvalue weighted by Gasteiger charge is -2.38. The molecule has 1 saturated heterocycles. The van der Waals surface area contributed by atoms with E-state index in [0.717, 1.165) is 37.8 Å². The van der Waals surface area contributed by atoms with Gasteiger partial charge >= 0.3 is 6.03 Å². The first kappa shape index (κ1) is 28.8. The summed E-state index contributed by atoms with van der Waals surface area (Å²) in [5.74, 6) is -2.09. The van der Waals surface area contributed by atoms with Gasteiger partial charge in [0.2, 0.25) is 5.92 Å².